The number of nitrogens with zero attached hydrogens (tertiary/aromatic N) is 1. The van der Waals surface area contributed by atoms with Crippen LogP contribution >= 0.6 is 0 Å². The number of nitriles is 1. The molecule has 2 N–H and O–H groups in total. The summed E-state index contributed by atoms with van der Waals surface area (Å²) in [5.41, 5.74) is 2.52. The summed E-state index contributed by atoms with van der Waals surface area (Å²) in [6, 6.07) is 27.4. The molecular formula is C32H24F3N3O5. The number of allylic oxidation sites excluding steroid dienone is 1. The van der Waals surface area contributed by atoms with E-state index in [2.05, 4.69) is 16.7 Å². The second kappa shape index (κ2) is 13.8. The van der Waals surface area contributed by atoms with Gasteiger partial charge in [0.05, 0.1) is 0 Å². The van der Waals surface area contributed by atoms with Crippen LogP contribution in [0.25, 0.3) is 22.5 Å². The third kappa shape index (κ3) is 7.98. The van der Waals surface area contributed by atoms with Crippen LogP contribution in [0.5, 0.6) is 0 Å². The molecule has 8 nitrogen and oxygen atoms in total. The van der Waals surface area contributed by atoms with Crippen LogP contribution in [0.1, 0.15) is 11.1 Å². The Labute approximate surface area is 244 Å². The zero-order valence-electron chi connectivity index (χ0n) is 22.4. The van der Waals surface area contributed by atoms with Crippen molar-refractivity contribution in [2.45, 2.75) is 18.6 Å². The number of amides is 1. The monoisotopic (exact) mass is 587 g/mol. The van der Waals surface area contributed by atoms with Crippen LogP contribution in [0.15, 0.2) is 108 Å². The Morgan fingerprint density at radius 3 is 2.07 bits per heavy atom. The van der Waals surface area contributed by atoms with E-state index in [1.807, 2.05) is 12.1 Å². The van der Waals surface area contributed by atoms with Gasteiger partial charge in [-0.15, -0.1) is 0 Å². The molecule has 4 rings (SSSR count). The Morgan fingerprint density at radius 2 is 1.49 bits per heavy atom. The number of nitrogens with one attached hydrogen (secondary N) is 2. The maximum absolute atomic E-state index is 12.8. The minimum Gasteiger partial charge on any atom is -0.454 e. The Bertz CT molecular complexity index is 1640. The number of carbonyl (C=O) groups is 3. The van der Waals surface area contributed by atoms with E-state index >= 15 is 0 Å². The van der Waals surface area contributed by atoms with Gasteiger partial charge in [0, 0.05) is 29.8 Å². The van der Waals surface area contributed by atoms with Gasteiger partial charge in [0.15, 0.2) is 6.61 Å². The lowest BCUT2D eigenvalue weighted by molar-refractivity contribution is -0.165. The number of carbonyl (C=O) groups excluding carboxylic acids is 3. The topological polar surface area (TPSA) is 121 Å². The Kier molecular flexibility index (Phi) is 9.75. The first-order valence-corrected chi connectivity index (χ1v) is 12.9. The zero-order valence-corrected chi connectivity index (χ0v) is 22.4. The molecule has 3 aromatic carbocycles. The smallest absolute Gasteiger partial charge is 0.454 e. The van der Waals surface area contributed by atoms with Gasteiger partial charge in [0.1, 0.15) is 23.4 Å². The van der Waals surface area contributed by atoms with E-state index in [1.54, 1.807) is 78.9 Å². The molecule has 4 aromatic rings. The molecule has 218 valence electrons. The van der Waals surface area contributed by atoms with Crippen molar-refractivity contribution in [2.75, 3.05) is 11.9 Å². The first-order chi connectivity index (χ1) is 20.7. The number of benzene rings is 3. The number of hydrogen-bond acceptors (Lipinski definition) is 7. The number of furan rings is 1. The summed E-state index contributed by atoms with van der Waals surface area (Å²) in [5.74, 6) is -3.68. The second-order valence-electron chi connectivity index (χ2n) is 9.11. The molecule has 11 heteroatoms. The predicted molar refractivity (Wildman–Crippen MR) is 151 cm³/mol. The SMILES string of the molecule is N#Cc1c(NC(=O)COC(=O)C(Cc2ccccc2)N/C=C/C(=O)C(F)(F)F)oc(-c2ccccc2)c1-c1ccccc1. The van der Waals surface area contributed by atoms with Crippen LogP contribution in [0, 0.1) is 11.3 Å². The van der Waals surface area contributed by atoms with Gasteiger partial charge in [-0.2, -0.15) is 18.4 Å². The lowest BCUT2D eigenvalue weighted by atomic mass is 9.98. The van der Waals surface area contributed by atoms with Crippen molar-refractivity contribution < 1.29 is 36.7 Å². The molecule has 0 aliphatic rings. The molecule has 1 atom stereocenters. The molecule has 0 fully saturated rings. The summed E-state index contributed by atoms with van der Waals surface area (Å²) < 4.78 is 48.7. The highest BCUT2D eigenvalue weighted by molar-refractivity contribution is 5.97. The summed E-state index contributed by atoms with van der Waals surface area (Å²) in [6.07, 6.45) is -4.11. The van der Waals surface area contributed by atoms with Gasteiger partial charge >= 0.3 is 12.1 Å². The van der Waals surface area contributed by atoms with Gasteiger partial charge in [-0.05, 0) is 11.1 Å². The molecule has 1 aromatic heterocycles. The van der Waals surface area contributed by atoms with Crippen LogP contribution in [-0.4, -0.2) is 36.5 Å². The minimum atomic E-state index is -5.07. The average Bonchev–Trinajstić information content (AvgIpc) is 3.38. The van der Waals surface area contributed by atoms with Gasteiger partial charge in [-0.25, -0.2) is 4.79 Å². The highest BCUT2D eigenvalue weighted by Gasteiger charge is 2.36. The van der Waals surface area contributed by atoms with E-state index in [4.69, 9.17) is 9.15 Å². The molecule has 0 radical (unpaired) electrons. The zero-order chi connectivity index (χ0) is 30.8. The summed E-state index contributed by atoms with van der Waals surface area (Å²) in [4.78, 5) is 36.8. The molecule has 0 spiro atoms. The number of ether oxygens (including phenoxy) is 1. The van der Waals surface area contributed by atoms with Crippen molar-refractivity contribution in [1.82, 2.24) is 5.32 Å². The van der Waals surface area contributed by atoms with E-state index in [0.717, 1.165) is 0 Å². The molecule has 0 aliphatic heterocycles. The molecule has 43 heavy (non-hydrogen) atoms. The van der Waals surface area contributed by atoms with Crippen molar-refractivity contribution >= 4 is 23.5 Å². The van der Waals surface area contributed by atoms with Crippen LogP contribution in [0.4, 0.5) is 19.1 Å². The molecule has 0 aliphatic carbocycles. The molecule has 1 unspecified atom stereocenters. The number of esters is 1. The fourth-order valence-corrected chi connectivity index (χ4v) is 4.09. The second-order valence-corrected chi connectivity index (χ2v) is 9.11. The van der Waals surface area contributed by atoms with Gasteiger partial charge < -0.3 is 14.5 Å². The first kappa shape index (κ1) is 30.3. The first-order valence-electron chi connectivity index (χ1n) is 12.9. The summed E-state index contributed by atoms with van der Waals surface area (Å²) in [7, 11) is 0. The molecule has 1 amide bonds. The average molecular weight is 588 g/mol. The van der Waals surface area contributed by atoms with Crippen molar-refractivity contribution in [3.8, 4) is 28.5 Å². The fraction of sp³-hybridized carbons (Fsp3) is 0.125. The van der Waals surface area contributed by atoms with Gasteiger partial charge in [-0.1, -0.05) is 91.0 Å². The quantitative estimate of drug-likeness (QED) is 0.168. The van der Waals surface area contributed by atoms with E-state index in [1.165, 1.54) is 0 Å². The van der Waals surface area contributed by atoms with Crippen molar-refractivity contribution in [3.05, 3.63) is 114 Å². The molecular weight excluding hydrogens is 563 g/mol. The minimum absolute atomic E-state index is 0.0104. The van der Waals surface area contributed by atoms with Crippen LogP contribution < -0.4 is 10.6 Å². The lowest BCUT2D eigenvalue weighted by Gasteiger charge is -2.16. The Balaban J connectivity index is 1.50. The van der Waals surface area contributed by atoms with E-state index in [-0.39, 0.29) is 23.9 Å². The van der Waals surface area contributed by atoms with Gasteiger partial charge in [0.25, 0.3) is 11.7 Å². The highest BCUT2D eigenvalue weighted by atomic mass is 19.4. The van der Waals surface area contributed by atoms with Crippen LogP contribution in [-0.2, 0) is 25.5 Å². The maximum Gasteiger partial charge on any atom is 0.454 e. The van der Waals surface area contributed by atoms with E-state index in [0.29, 0.717) is 34.2 Å². The highest BCUT2D eigenvalue weighted by Crippen LogP contribution is 2.41. The number of ketones is 1. The Morgan fingerprint density at radius 1 is 0.907 bits per heavy atom. The fourth-order valence-electron chi connectivity index (χ4n) is 4.09. The van der Waals surface area contributed by atoms with Gasteiger partial charge in [-0.3, -0.25) is 14.9 Å². The third-order valence-corrected chi connectivity index (χ3v) is 6.10. The largest absolute Gasteiger partial charge is 0.454 e. The van der Waals surface area contributed by atoms with Crippen LogP contribution in [0.2, 0.25) is 0 Å². The van der Waals surface area contributed by atoms with E-state index < -0.39 is 36.5 Å². The third-order valence-electron chi connectivity index (χ3n) is 6.10. The number of alkyl halides is 3. The molecule has 0 saturated carbocycles. The normalized spacial score (nSPS) is 11.9. The van der Waals surface area contributed by atoms with Gasteiger partial charge in [0.2, 0.25) is 5.88 Å². The van der Waals surface area contributed by atoms with Crippen molar-refractivity contribution in [3.63, 3.8) is 0 Å². The summed E-state index contributed by atoms with van der Waals surface area (Å²) in [5, 5.41) is 14.9. The Hall–Kier alpha value is -5.63. The molecule has 0 saturated heterocycles. The molecule has 1 heterocycles. The summed E-state index contributed by atoms with van der Waals surface area (Å²) in [6.45, 7) is -0.788. The number of rotatable bonds is 11. The maximum atomic E-state index is 12.8. The molecule has 0 bridgehead atoms. The predicted octanol–water partition coefficient (Wildman–Crippen LogP) is 5.81. The lowest BCUT2D eigenvalue weighted by Crippen LogP contribution is -2.38. The number of halogens is 3. The number of anilines is 1. The van der Waals surface area contributed by atoms with Crippen LogP contribution in [0.3, 0.4) is 0 Å². The standard InChI is InChI=1S/C32H24F3N3O5/c33-32(34,35)26(39)16-17-37-25(18-21-10-4-1-5-11-21)31(41)42-20-27(40)38-30-24(19-36)28(22-12-6-2-7-13-22)29(43-30)23-14-8-3-9-15-23/h1-17,25,37H,18,20H2,(H,38,40)/b17-16+. The number of hydrogen-bond donors (Lipinski definition) is 2. The van der Waals surface area contributed by atoms with Crippen molar-refractivity contribution in [1.29, 1.82) is 5.26 Å². The van der Waals surface area contributed by atoms with Crippen molar-refractivity contribution in [2.24, 2.45) is 0 Å². The van der Waals surface area contributed by atoms with E-state index in [9.17, 15) is 32.8 Å². The summed E-state index contributed by atoms with van der Waals surface area (Å²) >= 11 is 0.